The fourth-order valence-corrected chi connectivity index (χ4v) is 1.70. The maximum atomic E-state index is 11.3. The van der Waals surface area contributed by atoms with Crippen LogP contribution in [0, 0.1) is 5.41 Å². The molecule has 1 unspecified atom stereocenters. The maximum Gasteiger partial charge on any atom is 0.379 e. The molecule has 102 valence electrons. The van der Waals surface area contributed by atoms with Crippen molar-refractivity contribution in [2.75, 3.05) is 6.61 Å². The molecule has 1 atom stereocenters. The van der Waals surface area contributed by atoms with Crippen LogP contribution in [0.5, 0.6) is 0 Å². The number of hydrogen-bond acceptors (Lipinski definition) is 6. The number of carbonyl (C=O) groups is 1. The summed E-state index contributed by atoms with van der Waals surface area (Å²) >= 11 is 0. The van der Waals surface area contributed by atoms with Gasteiger partial charge in [0.2, 0.25) is 5.89 Å². The molecule has 18 heavy (non-hydrogen) atoms. The van der Waals surface area contributed by atoms with Crippen LogP contribution in [0.15, 0.2) is 4.52 Å². The van der Waals surface area contributed by atoms with E-state index in [0.29, 0.717) is 12.3 Å². The summed E-state index contributed by atoms with van der Waals surface area (Å²) in [5.41, 5.74) is 6.13. The van der Waals surface area contributed by atoms with Crippen LogP contribution < -0.4 is 5.73 Å². The molecular weight excluding hydrogens is 234 g/mol. The lowest BCUT2D eigenvalue weighted by atomic mass is 9.87. The number of hydrogen-bond donors (Lipinski definition) is 1. The van der Waals surface area contributed by atoms with Gasteiger partial charge in [-0.1, -0.05) is 20.8 Å². The summed E-state index contributed by atoms with van der Waals surface area (Å²) in [6.45, 7) is 8.35. The van der Waals surface area contributed by atoms with E-state index in [-0.39, 0.29) is 23.9 Å². The third-order valence-electron chi connectivity index (χ3n) is 2.24. The van der Waals surface area contributed by atoms with Gasteiger partial charge < -0.3 is 15.0 Å². The van der Waals surface area contributed by atoms with E-state index in [4.69, 9.17) is 15.0 Å². The summed E-state index contributed by atoms with van der Waals surface area (Å²) in [7, 11) is 0. The molecule has 1 aromatic heterocycles. The third-order valence-corrected chi connectivity index (χ3v) is 2.24. The fourth-order valence-electron chi connectivity index (χ4n) is 1.70. The van der Waals surface area contributed by atoms with E-state index in [1.54, 1.807) is 6.92 Å². The number of nitrogens with zero attached hydrogens (tertiary/aromatic N) is 2. The lowest BCUT2D eigenvalue weighted by Crippen LogP contribution is -2.28. The number of carbonyl (C=O) groups excluding carboxylic acids is 1. The predicted molar refractivity (Wildman–Crippen MR) is 66.0 cm³/mol. The van der Waals surface area contributed by atoms with Crippen LogP contribution in [0.4, 0.5) is 0 Å². The van der Waals surface area contributed by atoms with Crippen LogP contribution >= 0.6 is 0 Å². The monoisotopic (exact) mass is 255 g/mol. The minimum Gasteiger partial charge on any atom is -0.460 e. The van der Waals surface area contributed by atoms with Gasteiger partial charge in [0.15, 0.2) is 0 Å². The van der Waals surface area contributed by atoms with Gasteiger partial charge >= 0.3 is 5.97 Å². The van der Waals surface area contributed by atoms with E-state index >= 15 is 0 Å². The maximum absolute atomic E-state index is 11.3. The lowest BCUT2D eigenvalue weighted by Gasteiger charge is -2.21. The Labute approximate surface area is 107 Å². The van der Waals surface area contributed by atoms with Crippen LogP contribution in [0.25, 0.3) is 0 Å². The Bertz CT molecular complexity index is 396. The quantitative estimate of drug-likeness (QED) is 0.803. The van der Waals surface area contributed by atoms with Crippen molar-refractivity contribution in [1.29, 1.82) is 0 Å². The van der Waals surface area contributed by atoms with Crippen LogP contribution in [0.2, 0.25) is 0 Å². The number of ether oxygens (including phenoxy) is 1. The minimum absolute atomic E-state index is 0.0465. The molecule has 6 heteroatoms. The van der Waals surface area contributed by atoms with Gasteiger partial charge in [-0.3, -0.25) is 0 Å². The summed E-state index contributed by atoms with van der Waals surface area (Å²) in [4.78, 5) is 15.3. The van der Waals surface area contributed by atoms with Gasteiger partial charge in [-0.15, -0.1) is 0 Å². The van der Waals surface area contributed by atoms with Crippen molar-refractivity contribution in [2.45, 2.75) is 46.6 Å². The van der Waals surface area contributed by atoms with Crippen molar-refractivity contribution in [1.82, 2.24) is 10.1 Å². The molecule has 0 aliphatic heterocycles. The predicted octanol–water partition coefficient (Wildman–Crippen LogP) is 1.55. The Morgan fingerprint density at radius 3 is 2.72 bits per heavy atom. The Hall–Kier alpha value is -1.43. The molecule has 1 heterocycles. The zero-order valence-electron chi connectivity index (χ0n) is 11.4. The van der Waals surface area contributed by atoms with Crippen LogP contribution in [0.3, 0.4) is 0 Å². The largest absolute Gasteiger partial charge is 0.460 e. The van der Waals surface area contributed by atoms with Gasteiger partial charge in [-0.05, 0) is 23.9 Å². The molecule has 0 bridgehead atoms. The van der Waals surface area contributed by atoms with Crippen molar-refractivity contribution in [3.05, 3.63) is 11.7 Å². The second kappa shape index (κ2) is 5.95. The molecule has 0 saturated heterocycles. The van der Waals surface area contributed by atoms with E-state index in [9.17, 15) is 4.79 Å². The minimum atomic E-state index is -0.572. The first-order chi connectivity index (χ1) is 8.31. The summed E-state index contributed by atoms with van der Waals surface area (Å²) in [5.74, 6) is -0.249. The first-order valence-corrected chi connectivity index (χ1v) is 6.07. The summed E-state index contributed by atoms with van der Waals surface area (Å²) < 4.78 is 9.75. The van der Waals surface area contributed by atoms with Crippen LogP contribution in [-0.2, 0) is 11.2 Å². The number of esters is 1. The molecule has 2 N–H and O–H groups in total. The summed E-state index contributed by atoms with van der Waals surface area (Å²) in [5, 5.41) is 3.57. The molecule has 0 aromatic carbocycles. The highest BCUT2D eigenvalue weighted by molar-refractivity contribution is 5.84. The second-order valence-electron chi connectivity index (χ2n) is 5.46. The van der Waals surface area contributed by atoms with E-state index in [2.05, 4.69) is 30.9 Å². The van der Waals surface area contributed by atoms with Gasteiger partial charge in [0.05, 0.1) is 6.61 Å². The molecule has 0 saturated carbocycles. The zero-order valence-corrected chi connectivity index (χ0v) is 11.4. The zero-order chi connectivity index (χ0) is 13.8. The normalized spacial score (nSPS) is 13.4. The van der Waals surface area contributed by atoms with Gasteiger partial charge in [-0.25, -0.2) is 4.79 Å². The summed E-state index contributed by atoms with van der Waals surface area (Å²) in [6.07, 6.45) is 1.30. The van der Waals surface area contributed by atoms with Crippen LogP contribution in [-0.4, -0.2) is 28.8 Å². The Balaban J connectivity index is 2.56. The molecule has 1 rings (SSSR count). The number of nitrogens with two attached hydrogens (primary N) is 1. The van der Waals surface area contributed by atoms with Gasteiger partial charge in [0.25, 0.3) is 5.82 Å². The first kappa shape index (κ1) is 14.6. The number of aromatic nitrogens is 2. The van der Waals surface area contributed by atoms with Gasteiger partial charge in [0.1, 0.15) is 0 Å². The van der Waals surface area contributed by atoms with Gasteiger partial charge in [0, 0.05) is 12.5 Å². The van der Waals surface area contributed by atoms with Crippen LogP contribution in [0.1, 0.15) is 50.6 Å². The first-order valence-electron chi connectivity index (χ1n) is 6.07. The van der Waals surface area contributed by atoms with Crippen molar-refractivity contribution in [3.63, 3.8) is 0 Å². The molecule has 0 radical (unpaired) electrons. The highest BCUT2D eigenvalue weighted by Crippen LogP contribution is 2.21. The molecule has 0 amide bonds. The summed E-state index contributed by atoms with van der Waals surface area (Å²) in [6, 6.07) is -0.0690. The van der Waals surface area contributed by atoms with E-state index in [1.165, 1.54) is 0 Å². The Morgan fingerprint density at radius 2 is 2.17 bits per heavy atom. The third kappa shape index (κ3) is 4.83. The highest BCUT2D eigenvalue weighted by Gasteiger charge is 2.20. The van der Waals surface area contributed by atoms with Gasteiger partial charge in [-0.2, -0.15) is 4.98 Å². The lowest BCUT2D eigenvalue weighted by molar-refractivity contribution is 0.0508. The topological polar surface area (TPSA) is 91.2 Å². The number of rotatable bonds is 5. The SMILES string of the molecule is CCOC(=O)c1noc(CC(N)CC(C)(C)C)n1. The molecular formula is C12H21N3O3. The molecule has 0 fully saturated rings. The Kier molecular flexibility index (Phi) is 4.84. The van der Waals surface area contributed by atoms with Crippen molar-refractivity contribution < 1.29 is 14.1 Å². The smallest absolute Gasteiger partial charge is 0.379 e. The fraction of sp³-hybridized carbons (Fsp3) is 0.750. The standard InChI is InChI=1S/C12H21N3O3/c1-5-17-11(16)10-14-9(18-15-10)6-8(13)7-12(2,3)4/h8H,5-7,13H2,1-4H3. The molecule has 0 aliphatic rings. The average molecular weight is 255 g/mol. The highest BCUT2D eigenvalue weighted by atomic mass is 16.5. The van der Waals surface area contributed by atoms with Crippen molar-refractivity contribution in [2.24, 2.45) is 11.1 Å². The molecule has 0 spiro atoms. The van der Waals surface area contributed by atoms with E-state index in [1.807, 2.05) is 0 Å². The van der Waals surface area contributed by atoms with Crippen molar-refractivity contribution >= 4 is 5.97 Å². The molecule has 1 aromatic rings. The van der Waals surface area contributed by atoms with Crippen molar-refractivity contribution in [3.8, 4) is 0 Å². The molecule has 0 aliphatic carbocycles. The van der Waals surface area contributed by atoms with E-state index in [0.717, 1.165) is 6.42 Å². The Morgan fingerprint density at radius 1 is 1.50 bits per heavy atom. The van der Waals surface area contributed by atoms with E-state index < -0.39 is 5.97 Å². The second-order valence-corrected chi connectivity index (χ2v) is 5.46. The average Bonchev–Trinajstić information content (AvgIpc) is 2.63. The molecule has 6 nitrogen and oxygen atoms in total.